The molecule has 9 nitrogen and oxygen atoms in total. The van der Waals surface area contributed by atoms with Gasteiger partial charge in [0.15, 0.2) is 5.58 Å². The van der Waals surface area contributed by atoms with Gasteiger partial charge in [0.05, 0.1) is 25.2 Å². The topological polar surface area (TPSA) is 114 Å². The number of ether oxygens (including phenoxy) is 3. The third kappa shape index (κ3) is 5.33. The van der Waals surface area contributed by atoms with Crippen LogP contribution in [0.4, 0.5) is 0 Å². The molecule has 0 unspecified atom stereocenters. The van der Waals surface area contributed by atoms with Crippen LogP contribution in [0.2, 0.25) is 0 Å². The van der Waals surface area contributed by atoms with Crippen molar-refractivity contribution in [1.29, 1.82) is 0 Å². The van der Waals surface area contributed by atoms with Crippen molar-refractivity contribution in [1.82, 2.24) is 10.1 Å². The molecule has 2 saturated heterocycles. The van der Waals surface area contributed by atoms with E-state index in [9.17, 15) is 15.0 Å². The average Bonchev–Trinajstić information content (AvgIpc) is 3.56. The van der Waals surface area contributed by atoms with Gasteiger partial charge in [0, 0.05) is 25.2 Å². The van der Waals surface area contributed by atoms with Crippen molar-refractivity contribution in [3.8, 4) is 11.6 Å². The normalized spacial score (nSPS) is 22.6. The highest BCUT2D eigenvalue weighted by Crippen LogP contribution is 2.40. The van der Waals surface area contributed by atoms with Crippen molar-refractivity contribution in [2.75, 3.05) is 52.7 Å². The van der Waals surface area contributed by atoms with E-state index in [0.29, 0.717) is 68.9 Å². The molecule has 1 aromatic carbocycles. The number of hydrogen-bond acceptors (Lipinski definition) is 8. The number of aliphatic carboxylic acids is 1. The fraction of sp³-hybridized carbons (Fsp3) is 0.704. The summed E-state index contributed by atoms with van der Waals surface area (Å²) in [5, 5.41) is 24.7. The van der Waals surface area contributed by atoms with E-state index in [2.05, 4.69) is 10.1 Å². The van der Waals surface area contributed by atoms with Gasteiger partial charge in [-0.25, -0.2) is 0 Å². The molecule has 2 N–H and O–H groups in total. The van der Waals surface area contributed by atoms with Crippen molar-refractivity contribution in [3.63, 3.8) is 0 Å². The summed E-state index contributed by atoms with van der Waals surface area (Å²) in [5.41, 5.74) is -0.236. The second-order valence-corrected chi connectivity index (χ2v) is 11.0. The van der Waals surface area contributed by atoms with Gasteiger partial charge in [-0.15, -0.1) is 0 Å². The van der Waals surface area contributed by atoms with E-state index in [-0.39, 0.29) is 12.0 Å². The second-order valence-electron chi connectivity index (χ2n) is 11.0. The predicted molar refractivity (Wildman–Crippen MR) is 132 cm³/mol. The van der Waals surface area contributed by atoms with Gasteiger partial charge >= 0.3 is 5.97 Å². The molecule has 3 heterocycles. The Labute approximate surface area is 211 Å². The number of carbonyl (C=O) groups is 1. The van der Waals surface area contributed by atoms with Gasteiger partial charge in [-0.2, -0.15) is 0 Å². The molecule has 1 saturated carbocycles. The zero-order chi connectivity index (χ0) is 25.0. The first-order chi connectivity index (χ1) is 17.5. The number of aliphatic hydroxyl groups excluding tert-OH is 1. The van der Waals surface area contributed by atoms with Crippen molar-refractivity contribution < 1.29 is 33.7 Å². The summed E-state index contributed by atoms with van der Waals surface area (Å²) in [6, 6.07) is 5.64. The van der Waals surface area contributed by atoms with Gasteiger partial charge in [0.25, 0.3) is 5.88 Å². The van der Waals surface area contributed by atoms with Crippen LogP contribution in [0.15, 0.2) is 22.7 Å². The van der Waals surface area contributed by atoms with E-state index in [4.69, 9.17) is 18.7 Å². The maximum Gasteiger partial charge on any atom is 0.311 e. The van der Waals surface area contributed by atoms with Gasteiger partial charge in [-0.1, -0.05) is 18.9 Å². The lowest BCUT2D eigenvalue weighted by atomic mass is 9.79. The lowest BCUT2D eigenvalue weighted by Gasteiger charge is -2.40. The molecule has 1 aromatic heterocycles. The zero-order valence-electron chi connectivity index (χ0n) is 21.0. The number of fused-ring (bicyclic) bond motifs is 1. The minimum atomic E-state index is -0.704. The van der Waals surface area contributed by atoms with Gasteiger partial charge in [0.1, 0.15) is 11.1 Å². The minimum absolute atomic E-state index is 0.135. The number of rotatable bonds is 10. The largest absolute Gasteiger partial charge is 0.492 e. The zero-order valence-corrected chi connectivity index (χ0v) is 21.0. The number of carboxylic acids is 1. The summed E-state index contributed by atoms with van der Waals surface area (Å²) in [6.07, 6.45) is 7.26. The number of hydrogen-bond donors (Lipinski definition) is 2. The van der Waals surface area contributed by atoms with Crippen LogP contribution in [-0.2, 0) is 9.53 Å². The molecule has 9 heteroatoms. The Morgan fingerprint density at radius 3 is 2.56 bits per heavy atom. The SMILES string of the molecule is O=C(O)C1(CN2CCC(COc3noc4cccc(OCC5(CO)CCCC5)c34)CC2)CCOCC1. The van der Waals surface area contributed by atoms with Crippen molar-refractivity contribution >= 4 is 16.9 Å². The predicted octanol–water partition coefficient (Wildman–Crippen LogP) is 3.73. The van der Waals surface area contributed by atoms with E-state index in [1.54, 1.807) is 0 Å². The molecule has 36 heavy (non-hydrogen) atoms. The molecule has 2 aliphatic heterocycles. The summed E-state index contributed by atoms with van der Waals surface area (Å²) in [7, 11) is 0. The molecule has 198 valence electrons. The first-order valence-corrected chi connectivity index (χ1v) is 13.3. The Morgan fingerprint density at radius 2 is 1.86 bits per heavy atom. The molecule has 2 aromatic rings. The monoisotopic (exact) mass is 502 g/mol. The number of nitrogens with zero attached hydrogens (tertiary/aromatic N) is 2. The summed E-state index contributed by atoms with van der Waals surface area (Å²) < 4.78 is 23.3. The summed E-state index contributed by atoms with van der Waals surface area (Å²) in [6.45, 7) is 4.49. The molecule has 5 rings (SSSR count). The van der Waals surface area contributed by atoms with Crippen LogP contribution in [0.5, 0.6) is 11.6 Å². The lowest BCUT2D eigenvalue weighted by molar-refractivity contribution is -0.157. The minimum Gasteiger partial charge on any atom is -0.492 e. The van der Waals surface area contributed by atoms with Crippen LogP contribution < -0.4 is 9.47 Å². The standard InChI is InChI=1S/C27H38N2O7/c30-18-26(8-1-2-9-26)19-35-21-4-3-5-22-23(21)24(28-36-22)34-16-20-6-12-29(13-7-20)17-27(25(31)32)10-14-33-15-11-27/h3-5,20,30H,1-2,6-19H2,(H,31,32). The van der Waals surface area contributed by atoms with Crippen LogP contribution in [0.3, 0.4) is 0 Å². The quantitative estimate of drug-likeness (QED) is 0.501. The van der Waals surface area contributed by atoms with E-state index in [0.717, 1.165) is 57.0 Å². The van der Waals surface area contributed by atoms with E-state index < -0.39 is 11.4 Å². The maximum absolute atomic E-state index is 12.0. The molecule has 1 aliphatic carbocycles. The molecule has 0 atom stereocenters. The molecule has 0 amide bonds. The van der Waals surface area contributed by atoms with Gasteiger partial charge in [0.2, 0.25) is 0 Å². The van der Waals surface area contributed by atoms with E-state index in [1.807, 2.05) is 18.2 Å². The number of aromatic nitrogens is 1. The number of carboxylic acid groups (broad SMARTS) is 1. The fourth-order valence-corrected chi connectivity index (χ4v) is 5.99. The third-order valence-electron chi connectivity index (χ3n) is 8.56. The first kappa shape index (κ1) is 25.3. The first-order valence-electron chi connectivity index (χ1n) is 13.3. The fourth-order valence-electron chi connectivity index (χ4n) is 5.99. The molecule has 3 fully saturated rings. The van der Waals surface area contributed by atoms with E-state index >= 15 is 0 Å². The van der Waals surface area contributed by atoms with Crippen molar-refractivity contribution in [2.24, 2.45) is 16.7 Å². The molecule has 0 radical (unpaired) electrons. The highest BCUT2D eigenvalue weighted by atomic mass is 16.5. The molecular weight excluding hydrogens is 464 g/mol. The smallest absolute Gasteiger partial charge is 0.311 e. The Bertz CT molecular complexity index is 1020. The Morgan fingerprint density at radius 1 is 1.11 bits per heavy atom. The Balaban J connectivity index is 1.16. The van der Waals surface area contributed by atoms with Crippen LogP contribution >= 0.6 is 0 Å². The second kappa shape index (κ2) is 10.9. The molecular formula is C27H38N2O7. The van der Waals surface area contributed by atoms with Crippen LogP contribution in [0.25, 0.3) is 11.0 Å². The number of piperidine rings is 1. The average molecular weight is 503 g/mol. The highest BCUT2D eigenvalue weighted by molar-refractivity contribution is 5.88. The lowest BCUT2D eigenvalue weighted by Crippen LogP contribution is -2.49. The Kier molecular flexibility index (Phi) is 7.69. The third-order valence-corrected chi connectivity index (χ3v) is 8.56. The molecule has 3 aliphatic rings. The number of aliphatic hydroxyl groups is 1. The van der Waals surface area contributed by atoms with Gasteiger partial charge < -0.3 is 33.8 Å². The van der Waals surface area contributed by atoms with Crippen LogP contribution in [-0.4, -0.2) is 78.9 Å². The van der Waals surface area contributed by atoms with Crippen molar-refractivity contribution in [2.45, 2.75) is 51.4 Å². The van der Waals surface area contributed by atoms with Crippen LogP contribution in [0.1, 0.15) is 51.4 Å². The van der Waals surface area contributed by atoms with Gasteiger partial charge in [-0.3, -0.25) is 4.79 Å². The van der Waals surface area contributed by atoms with Crippen molar-refractivity contribution in [3.05, 3.63) is 18.2 Å². The Hall–Kier alpha value is -2.36. The summed E-state index contributed by atoms with van der Waals surface area (Å²) in [4.78, 5) is 14.3. The summed E-state index contributed by atoms with van der Waals surface area (Å²) in [5.74, 6) is 0.783. The van der Waals surface area contributed by atoms with Crippen LogP contribution in [0, 0.1) is 16.7 Å². The number of benzene rings is 1. The highest BCUT2D eigenvalue weighted by Gasteiger charge is 2.42. The number of likely N-dealkylation sites (tertiary alicyclic amines) is 1. The molecule has 0 bridgehead atoms. The van der Waals surface area contributed by atoms with Gasteiger partial charge in [-0.05, 0) is 74.8 Å². The molecule has 0 spiro atoms. The maximum atomic E-state index is 12.0. The van der Waals surface area contributed by atoms with E-state index in [1.165, 1.54) is 0 Å². The summed E-state index contributed by atoms with van der Waals surface area (Å²) >= 11 is 0.